The minimum atomic E-state index is -0.210. The molecule has 18 heavy (non-hydrogen) atoms. The average molecular weight is 247 g/mol. The van der Waals surface area contributed by atoms with Crippen LogP contribution in [0.4, 0.5) is 5.69 Å². The monoisotopic (exact) mass is 247 g/mol. The molecule has 0 aromatic carbocycles. The lowest BCUT2D eigenvalue weighted by molar-refractivity contribution is 0.0747. The number of amides is 1. The van der Waals surface area contributed by atoms with Crippen LogP contribution in [0.3, 0.4) is 0 Å². The highest BCUT2D eigenvalue weighted by Crippen LogP contribution is 2.17. The summed E-state index contributed by atoms with van der Waals surface area (Å²) in [6.07, 6.45) is 1.77. The number of nitrogens with zero attached hydrogens (tertiary/aromatic N) is 3. The molecular formula is C12H17N5O. The van der Waals surface area contributed by atoms with Gasteiger partial charge in [-0.15, -0.1) is 0 Å². The van der Waals surface area contributed by atoms with E-state index in [2.05, 4.69) is 10.4 Å². The summed E-state index contributed by atoms with van der Waals surface area (Å²) in [5.41, 5.74) is 4.19. The Morgan fingerprint density at radius 3 is 2.94 bits per heavy atom. The van der Waals surface area contributed by atoms with Crippen LogP contribution in [-0.2, 0) is 0 Å². The lowest BCUT2D eigenvalue weighted by atomic mass is 10.1. The first-order chi connectivity index (χ1) is 8.51. The fourth-order valence-electron chi connectivity index (χ4n) is 1.51. The van der Waals surface area contributed by atoms with Gasteiger partial charge in [-0.3, -0.25) is 15.6 Å². The van der Waals surface area contributed by atoms with Crippen LogP contribution in [0.15, 0.2) is 12.3 Å². The predicted molar refractivity (Wildman–Crippen MR) is 68.6 cm³/mol. The molecule has 1 heterocycles. The molecule has 0 spiro atoms. The number of anilines is 1. The summed E-state index contributed by atoms with van der Waals surface area (Å²) >= 11 is 0. The number of hydrogen-bond donors (Lipinski definition) is 2. The molecule has 1 aromatic rings. The maximum absolute atomic E-state index is 12.2. The first-order valence-corrected chi connectivity index (χ1v) is 5.58. The zero-order valence-electron chi connectivity index (χ0n) is 10.8. The van der Waals surface area contributed by atoms with E-state index in [-0.39, 0.29) is 18.4 Å². The van der Waals surface area contributed by atoms with Gasteiger partial charge in [0.05, 0.1) is 23.7 Å². The number of carbonyl (C=O) groups is 1. The van der Waals surface area contributed by atoms with E-state index in [1.807, 2.05) is 19.9 Å². The summed E-state index contributed by atoms with van der Waals surface area (Å²) in [4.78, 5) is 17.8. The van der Waals surface area contributed by atoms with E-state index in [0.29, 0.717) is 11.3 Å². The topological polar surface area (TPSA) is 95.0 Å². The summed E-state index contributed by atoms with van der Waals surface area (Å²) in [5.74, 6) is 5.18. The van der Waals surface area contributed by atoms with Crippen molar-refractivity contribution in [1.29, 1.82) is 5.26 Å². The van der Waals surface area contributed by atoms with E-state index in [1.54, 1.807) is 13.1 Å². The van der Waals surface area contributed by atoms with Gasteiger partial charge in [-0.1, -0.05) is 0 Å². The Morgan fingerprint density at radius 2 is 2.39 bits per heavy atom. The summed E-state index contributed by atoms with van der Waals surface area (Å²) in [7, 11) is 1.66. The third-order valence-corrected chi connectivity index (χ3v) is 2.79. The smallest absolute Gasteiger partial charge is 0.257 e. The van der Waals surface area contributed by atoms with Crippen LogP contribution >= 0.6 is 0 Å². The largest absolute Gasteiger partial charge is 0.338 e. The Balaban J connectivity index is 3.00. The Bertz CT molecular complexity index is 480. The molecule has 0 aliphatic heterocycles. The normalized spacial score (nSPS) is 11.5. The van der Waals surface area contributed by atoms with Crippen LogP contribution in [-0.4, -0.2) is 28.9 Å². The summed E-state index contributed by atoms with van der Waals surface area (Å²) in [6.45, 7) is 3.63. The molecule has 6 nitrogen and oxygen atoms in total. The number of nitrogens with one attached hydrogen (secondary N) is 1. The molecule has 1 atom stereocenters. The van der Waals surface area contributed by atoms with Gasteiger partial charge < -0.3 is 10.3 Å². The van der Waals surface area contributed by atoms with Gasteiger partial charge in [-0.25, -0.2) is 0 Å². The van der Waals surface area contributed by atoms with Crippen LogP contribution in [0.25, 0.3) is 0 Å². The maximum Gasteiger partial charge on any atom is 0.257 e. The third kappa shape index (κ3) is 2.96. The number of carbonyl (C=O) groups excluding carboxylic acids is 1. The maximum atomic E-state index is 12.2. The van der Waals surface area contributed by atoms with E-state index in [9.17, 15) is 4.79 Å². The van der Waals surface area contributed by atoms with Crippen molar-refractivity contribution in [3.8, 4) is 6.07 Å². The molecule has 6 heteroatoms. The summed E-state index contributed by atoms with van der Waals surface area (Å²) in [5, 5.41) is 8.64. The minimum Gasteiger partial charge on any atom is -0.338 e. The van der Waals surface area contributed by atoms with E-state index >= 15 is 0 Å². The van der Waals surface area contributed by atoms with Crippen molar-refractivity contribution in [2.75, 3.05) is 12.5 Å². The highest BCUT2D eigenvalue weighted by molar-refractivity contribution is 5.99. The van der Waals surface area contributed by atoms with E-state index in [0.717, 1.165) is 5.69 Å². The summed E-state index contributed by atoms with van der Waals surface area (Å²) < 4.78 is 0. The fraction of sp³-hybridized carbons (Fsp3) is 0.417. The number of aryl methyl sites for hydroxylation is 1. The molecule has 0 fully saturated rings. The lowest BCUT2D eigenvalue weighted by Gasteiger charge is -2.23. The molecule has 3 N–H and O–H groups in total. The molecule has 0 saturated heterocycles. The molecule has 1 amide bonds. The van der Waals surface area contributed by atoms with E-state index in [1.165, 1.54) is 11.1 Å². The standard InChI is InChI=1S/C12H17N5O/c1-8-6-11(16-14)10(7-15-8)12(18)17(3)9(2)4-5-13/h6-7,9H,4,14H2,1-3H3,(H,15,16). The summed E-state index contributed by atoms with van der Waals surface area (Å²) in [6, 6.07) is 3.59. The van der Waals surface area contributed by atoms with Crippen molar-refractivity contribution in [3.63, 3.8) is 0 Å². The Morgan fingerprint density at radius 1 is 1.72 bits per heavy atom. The van der Waals surface area contributed by atoms with E-state index < -0.39 is 0 Å². The molecule has 1 unspecified atom stereocenters. The number of hydrazine groups is 1. The second kappa shape index (κ2) is 5.98. The Labute approximate surface area is 106 Å². The van der Waals surface area contributed by atoms with Crippen molar-refractivity contribution < 1.29 is 4.79 Å². The second-order valence-corrected chi connectivity index (χ2v) is 4.14. The molecule has 0 aliphatic rings. The highest BCUT2D eigenvalue weighted by Gasteiger charge is 2.20. The second-order valence-electron chi connectivity index (χ2n) is 4.14. The van der Waals surface area contributed by atoms with Gasteiger partial charge in [-0.2, -0.15) is 5.26 Å². The number of rotatable bonds is 4. The predicted octanol–water partition coefficient (Wildman–Crippen LogP) is 1.05. The minimum absolute atomic E-state index is 0.158. The molecule has 0 radical (unpaired) electrons. The van der Waals surface area contributed by atoms with Crippen molar-refractivity contribution in [1.82, 2.24) is 9.88 Å². The van der Waals surface area contributed by atoms with Crippen LogP contribution in [0.1, 0.15) is 29.4 Å². The first-order valence-electron chi connectivity index (χ1n) is 5.58. The van der Waals surface area contributed by atoms with Gasteiger partial charge in [0, 0.05) is 25.0 Å². The molecule has 1 aromatic heterocycles. The molecule has 0 saturated carbocycles. The lowest BCUT2D eigenvalue weighted by Crippen LogP contribution is -2.35. The van der Waals surface area contributed by atoms with Crippen molar-refractivity contribution in [2.24, 2.45) is 5.84 Å². The quantitative estimate of drug-likeness (QED) is 0.612. The number of nitriles is 1. The highest BCUT2D eigenvalue weighted by atomic mass is 16.2. The number of aromatic nitrogens is 1. The number of nitrogens with two attached hydrogens (primary N) is 1. The number of hydrogen-bond acceptors (Lipinski definition) is 5. The molecule has 0 bridgehead atoms. The van der Waals surface area contributed by atoms with Gasteiger partial charge in [0.1, 0.15) is 0 Å². The van der Waals surface area contributed by atoms with Gasteiger partial charge in [0.25, 0.3) is 5.91 Å². The third-order valence-electron chi connectivity index (χ3n) is 2.79. The van der Waals surface area contributed by atoms with Gasteiger partial charge >= 0.3 is 0 Å². The zero-order valence-corrected chi connectivity index (χ0v) is 10.8. The van der Waals surface area contributed by atoms with Crippen LogP contribution in [0.2, 0.25) is 0 Å². The number of pyridine rings is 1. The zero-order chi connectivity index (χ0) is 13.7. The van der Waals surface area contributed by atoms with Crippen LogP contribution in [0, 0.1) is 18.3 Å². The molecular weight excluding hydrogens is 230 g/mol. The average Bonchev–Trinajstić information content (AvgIpc) is 2.37. The Hall–Kier alpha value is -2.13. The van der Waals surface area contributed by atoms with Crippen molar-refractivity contribution >= 4 is 11.6 Å². The van der Waals surface area contributed by atoms with Crippen molar-refractivity contribution in [3.05, 3.63) is 23.5 Å². The molecule has 1 rings (SSSR count). The fourth-order valence-corrected chi connectivity index (χ4v) is 1.51. The SMILES string of the molecule is Cc1cc(NN)c(C(=O)N(C)C(C)CC#N)cn1. The van der Waals surface area contributed by atoms with Gasteiger partial charge in [0.15, 0.2) is 0 Å². The van der Waals surface area contributed by atoms with Crippen molar-refractivity contribution in [2.45, 2.75) is 26.3 Å². The molecule has 96 valence electrons. The van der Waals surface area contributed by atoms with Gasteiger partial charge in [-0.05, 0) is 19.9 Å². The van der Waals surface area contributed by atoms with E-state index in [4.69, 9.17) is 11.1 Å². The first kappa shape index (κ1) is 13.9. The van der Waals surface area contributed by atoms with Gasteiger partial charge in [0.2, 0.25) is 0 Å². The van der Waals surface area contributed by atoms with Crippen LogP contribution in [0.5, 0.6) is 0 Å². The van der Waals surface area contributed by atoms with Crippen LogP contribution < -0.4 is 11.3 Å². The Kier molecular flexibility index (Phi) is 4.63. The number of nitrogen functional groups attached to an aromatic ring is 1. The molecule has 0 aliphatic carbocycles.